The molecule has 0 aliphatic carbocycles. The summed E-state index contributed by atoms with van der Waals surface area (Å²) in [6, 6.07) is 8.48. The molecule has 1 N–H and O–H groups in total. The standard InChI is InChI=1S/C20H27N3O6/c1-20(2,3)29-17(24)13-27-21-18(25)16-10-9-15-11-22(16)19(26)23(15)28-12-14-7-5-4-6-8-14/h4-8,15-16H,9-13H2,1-3H3,(H,21,25). The van der Waals surface area contributed by atoms with Gasteiger partial charge in [-0.3, -0.25) is 14.5 Å². The van der Waals surface area contributed by atoms with E-state index in [2.05, 4.69) is 5.48 Å². The molecule has 3 rings (SSSR count). The Morgan fingerprint density at radius 3 is 2.59 bits per heavy atom. The highest BCUT2D eigenvalue weighted by molar-refractivity contribution is 5.88. The van der Waals surface area contributed by atoms with Crippen LogP contribution in [0.25, 0.3) is 0 Å². The average Bonchev–Trinajstić information content (AvgIpc) is 2.89. The van der Waals surface area contributed by atoms with Crippen molar-refractivity contribution in [2.24, 2.45) is 0 Å². The Balaban J connectivity index is 1.48. The minimum absolute atomic E-state index is 0.0852. The Kier molecular flexibility index (Phi) is 6.39. The van der Waals surface area contributed by atoms with Crippen molar-refractivity contribution in [3.05, 3.63) is 35.9 Å². The number of nitrogens with one attached hydrogen (secondary N) is 1. The number of fused-ring (bicyclic) bond motifs is 2. The summed E-state index contributed by atoms with van der Waals surface area (Å²) in [6.07, 6.45) is 1.13. The van der Waals surface area contributed by atoms with Crippen LogP contribution in [0, 0.1) is 0 Å². The van der Waals surface area contributed by atoms with E-state index in [1.54, 1.807) is 20.8 Å². The van der Waals surface area contributed by atoms with Crippen LogP contribution < -0.4 is 5.48 Å². The summed E-state index contributed by atoms with van der Waals surface area (Å²) >= 11 is 0. The van der Waals surface area contributed by atoms with Crippen molar-refractivity contribution in [1.82, 2.24) is 15.4 Å². The first kappa shape index (κ1) is 21.1. The van der Waals surface area contributed by atoms with Crippen LogP contribution in [0.2, 0.25) is 0 Å². The van der Waals surface area contributed by atoms with Gasteiger partial charge in [-0.15, -0.1) is 0 Å². The molecule has 158 valence electrons. The zero-order chi connectivity index (χ0) is 21.0. The van der Waals surface area contributed by atoms with E-state index in [9.17, 15) is 14.4 Å². The third-order valence-corrected chi connectivity index (χ3v) is 4.62. The first-order chi connectivity index (χ1) is 13.7. The third kappa shape index (κ3) is 5.45. The number of rotatable bonds is 7. The average molecular weight is 405 g/mol. The minimum atomic E-state index is -0.664. The first-order valence-electron chi connectivity index (χ1n) is 9.65. The molecule has 9 heteroatoms. The molecule has 2 aliphatic rings. The fourth-order valence-corrected chi connectivity index (χ4v) is 3.39. The molecule has 0 radical (unpaired) electrons. The molecule has 2 aliphatic heterocycles. The Morgan fingerprint density at radius 2 is 1.90 bits per heavy atom. The van der Waals surface area contributed by atoms with Crippen molar-refractivity contribution in [2.75, 3.05) is 13.2 Å². The molecule has 2 unspecified atom stereocenters. The van der Waals surface area contributed by atoms with Gasteiger partial charge in [0, 0.05) is 6.54 Å². The summed E-state index contributed by atoms with van der Waals surface area (Å²) in [4.78, 5) is 48.9. The molecule has 2 heterocycles. The number of hydrogen-bond donors (Lipinski definition) is 1. The Labute approximate surface area is 169 Å². The second-order valence-corrected chi connectivity index (χ2v) is 8.11. The maximum absolute atomic E-state index is 12.7. The number of hydrogen-bond acceptors (Lipinski definition) is 6. The van der Waals surface area contributed by atoms with Crippen molar-refractivity contribution in [1.29, 1.82) is 0 Å². The van der Waals surface area contributed by atoms with Crippen molar-refractivity contribution in [2.45, 2.75) is 57.9 Å². The Bertz CT molecular complexity index is 748. The van der Waals surface area contributed by atoms with Crippen LogP contribution in [0.4, 0.5) is 4.79 Å². The molecule has 0 spiro atoms. The molecule has 2 fully saturated rings. The number of carbonyl (C=O) groups excluding carboxylic acids is 3. The highest BCUT2D eigenvalue weighted by atomic mass is 16.7. The number of nitrogens with zero attached hydrogens (tertiary/aromatic N) is 2. The fourth-order valence-electron chi connectivity index (χ4n) is 3.39. The van der Waals surface area contributed by atoms with Gasteiger partial charge in [-0.1, -0.05) is 30.3 Å². The van der Waals surface area contributed by atoms with Gasteiger partial charge in [-0.25, -0.2) is 15.1 Å². The minimum Gasteiger partial charge on any atom is -0.458 e. The number of ether oxygens (including phenoxy) is 1. The lowest BCUT2D eigenvalue weighted by Gasteiger charge is -2.29. The van der Waals surface area contributed by atoms with Crippen LogP contribution in [-0.2, 0) is 30.6 Å². The molecular formula is C20H27N3O6. The lowest BCUT2D eigenvalue weighted by atomic mass is 10.0. The normalized spacial score (nSPS) is 21.3. The summed E-state index contributed by atoms with van der Waals surface area (Å²) < 4.78 is 5.11. The van der Waals surface area contributed by atoms with Crippen molar-refractivity contribution in [3.63, 3.8) is 0 Å². The van der Waals surface area contributed by atoms with E-state index < -0.39 is 30.1 Å². The first-order valence-corrected chi connectivity index (χ1v) is 9.65. The molecular weight excluding hydrogens is 378 g/mol. The number of piperidine rings is 1. The number of esters is 1. The number of benzene rings is 1. The Morgan fingerprint density at radius 1 is 1.17 bits per heavy atom. The van der Waals surface area contributed by atoms with Crippen LogP contribution in [0.5, 0.6) is 0 Å². The molecule has 1 aromatic carbocycles. The summed E-state index contributed by atoms with van der Waals surface area (Å²) in [6.45, 7) is 5.52. The molecule has 2 bridgehead atoms. The van der Waals surface area contributed by atoms with E-state index in [-0.39, 0.29) is 18.7 Å². The highest BCUT2D eigenvalue weighted by Crippen LogP contribution is 2.30. The van der Waals surface area contributed by atoms with Gasteiger partial charge in [0.05, 0.1) is 6.04 Å². The van der Waals surface area contributed by atoms with Crippen molar-refractivity contribution < 1.29 is 28.8 Å². The predicted molar refractivity (Wildman–Crippen MR) is 102 cm³/mol. The van der Waals surface area contributed by atoms with Crippen molar-refractivity contribution >= 4 is 17.9 Å². The summed E-state index contributed by atoms with van der Waals surface area (Å²) in [5.74, 6) is -1.05. The summed E-state index contributed by atoms with van der Waals surface area (Å²) in [7, 11) is 0. The van der Waals surface area contributed by atoms with Gasteiger partial charge in [0.2, 0.25) is 0 Å². The lowest BCUT2D eigenvalue weighted by molar-refractivity contribution is -0.165. The van der Waals surface area contributed by atoms with Gasteiger partial charge in [0.25, 0.3) is 5.91 Å². The predicted octanol–water partition coefficient (Wildman–Crippen LogP) is 1.78. The van der Waals surface area contributed by atoms with E-state index in [0.29, 0.717) is 19.4 Å². The summed E-state index contributed by atoms with van der Waals surface area (Å²) in [5, 5.41) is 1.36. The molecule has 3 amide bonds. The van der Waals surface area contributed by atoms with Gasteiger partial charge >= 0.3 is 12.0 Å². The van der Waals surface area contributed by atoms with E-state index in [0.717, 1.165) is 5.56 Å². The second kappa shape index (κ2) is 8.79. The number of hydroxylamine groups is 3. The maximum atomic E-state index is 12.7. The molecule has 2 saturated heterocycles. The van der Waals surface area contributed by atoms with E-state index in [4.69, 9.17) is 14.4 Å². The van der Waals surface area contributed by atoms with Crippen LogP contribution in [0.1, 0.15) is 39.2 Å². The highest BCUT2D eigenvalue weighted by Gasteiger charge is 2.48. The molecule has 2 atom stereocenters. The Hall–Kier alpha value is -2.65. The lowest BCUT2D eigenvalue weighted by Crippen LogP contribution is -2.50. The smallest absolute Gasteiger partial charge is 0.345 e. The van der Waals surface area contributed by atoms with Crippen LogP contribution >= 0.6 is 0 Å². The van der Waals surface area contributed by atoms with Crippen LogP contribution in [0.15, 0.2) is 30.3 Å². The monoisotopic (exact) mass is 405 g/mol. The van der Waals surface area contributed by atoms with Gasteiger partial charge in [-0.2, -0.15) is 5.06 Å². The van der Waals surface area contributed by atoms with E-state index in [1.807, 2.05) is 30.3 Å². The van der Waals surface area contributed by atoms with E-state index in [1.165, 1.54) is 9.96 Å². The largest absolute Gasteiger partial charge is 0.458 e. The molecule has 9 nitrogen and oxygen atoms in total. The molecule has 1 aromatic rings. The number of urea groups is 1. The number of amides is 3. The fraction of sp³-hybridized carbons (Fsp3) is 0.550. The second-order valence-electron chi connectivity index (χ2n) is 8.11. The maximum Gasteiger partial charge on any atom is 0.345 e. The molecule has 0 saturated carbocycles. The van der Waals surface area contributed by atoms with Gasteiger partial charge in [0.1, 0.15) is 18.2 Å². The van der Waals surface area contributed by atoms with Crippen LogP contribution in [0.3, 0.4) is 0 Å². The van der Waals surface area contributed by atoms with Crippen LogP contribution in [-0.4, -0.2) is 58.7 Å². The number of carbonyl (C=O) groups is 3. The zero-order valence-corrected chi connectivity index (χ0v) is 16.9. The van der Waals surface area contributed by atoms with E-state index >= 15 is 0 Å². The topological polar surface area (TPSA) is 97.4 Å². The zero-order valence-electron chi connectivity index (χ0n) is 16.9. The SMILES string of the molecule is CC(C)(C)OC(=O)CONC(=O)C1CCC2CN1C(=O)N2OCc1ccccc1. The van der Waals surface area contributed by atoms with Crippen molar-refractivity contribution in [3.8, 4) is 0 Å². The third-order valence-electron chi connectivity index (χ3n) is 4.62. The summed E-state index contributed by atoms with van der Waals surface area (Å²) in [5.41, 5.74) is 2.58. The van der Waals surface area contributed by atoms with Gasteiger partial charge < -0.3 is 9.64 Å². The van der Waals surface area contributed by atoms with Gasteiger partial charge in [0.15, 0.2) is 6.61 Å². The quantitative estimate of drug-likeness (QED) is 0.549. The molecule has 29 heavy (non-hydrogen) atoms. The molecule has 0 aromatic heterocycles. The van der Waals surface area contributed by atoms with Gasteiger partial charge in [-0.05, 0) is 39.2 Å².